The third-order valence-corrected chi connectivity index (χ3v) is 1.53. The fraction of sp³-hybridized carbons (Fsp3) is 0.400. The van der Waals surface area contributed by atoms with Crippen LogP contribution >= 0.6 is 0 Å². The molecule has 4 heteroatoms. The summed E-state index contributed by atoms with van der Waals surface area (Å²) in [4.78, 5) is 14.6. The van der Waals surface area contributed by atoms with Crippen molar-refractivity contribution in [3.8, 4) is 5.75 Å². The Kier molecular flexibility index (Phi) is 3.91. The first kappa shape index (κ1) is 10.5. The molecule has 0 unspecified atom stereocenters. The van der Waals surface area contributed by atoms with Gasteiger partial charge in [0.05, 0.1) is 18.5 Å². The summed E-state index contributed by atoms with van der Waals surface area (Å²) in [6.07, 6.45) is 1.61. The van der Waals surface area contributed by atoms with Crippen molar-refractivity contribution in [2.75, 3.05) is 6.61 Å². The minimum atomic E-state index is -0.305. The summed E-state index contributed by atoms with van der Waals surface area (Å²) >= 11 is 0. The third kappa shape index (κ3) is 3.43. The molecular weight excluding hydrogens is 182 g/mol. The van der Waals surface area contributed by atoms with Crippen LogP contribution in [-0.4, -0.2) is 17.6 Å². The number of aromatic nitrogens is 1. The quantitative estimate of drug-likeness (QED) is 0.684. The SMILES string of the molecule is CCOc1ccc(COC(C)=O)nc1. The molecule has 0 aliphatic carbocycles. The third-order valence-electron chi connectivity index (χ3n) is 1.53. The summed E-state index contributed by atoms with van der Waals surface area (Å²) in [6, 6.07) is 3.57. The van der Waals surface area contributed by atoms with Crippen LogP contribution in [0.25, 0.3) is 0 Å². The maximum Gasteiger partial charge on any atom is 0.303 e. The van der Waals surface area contributed by atoms with Crippen molar-refractivity contribution in [1.29, 1.82) is 0 Å². The normalized spacial score (nSPS) is 9.57. The first-order chi connectivity index (χ1) is 6.72. The van der Waals surface area contributed by atoms with E-state index in [0.717, 1.165) is 5.75 Å². The van der Waals surface area contributed by atoms with Crippen LogP contribution in [0.15, 0.2) is 18.3 Å². The number of hydrogen-bond donors (Lipinski definition) is 0. The predicted octanol–water partition coefficient (Wildman–Crippen LogP) is 1.54. The van der Waals surface area contributed by atoms with Gasteiger partial charge in [-0.25, -0.2) is 0 Å². The molecular formula is C10H13NO3. The molecule has 0 saturated carbocycles. The topological polar surface area (TPSA) is 48.4 Å². The van der Waals surface area contributed by atoms with Crippen molar-refractivity contribution in [3.63, 3.8) is 0 Å². The number of hydrogen-bond acceptors (Lipinski definition) is 4. The minimum absolute atomic E-state index is 0.210. The van der Waals surface area contributed by atoms with Gasteiger partial charge in [0.1, 0.15) is 12.4 Å². The van der Waals surface area contributed by atoms with Crippen LogP contribution in [0.3, 0.4) is 0 Å². The molecule has 0 atom stereocenters. The van der Waals surface area contributed by atoms with Gasteiger partial charge in [-0.1, -0.05) is 0 Å². The van der Waals surface area contributed by atoms with Crippen molar-refractivity contribution in [3.05, 3.63) is 24.0 Å². The first-order valence-electron chi connectivity index (χ1n) is 4.43. The van der Waals surface area contributed by atoms with Crippen LogP contribution < -0.4 is 4.74 Å². The van der Waals surface area contributed by atoms with Crippen LogP contribution in [0, 0.1) is 0 Å². The van der Waals surface area contributed by atoms with Crippen LogP contribution in [0.4, 0.5) is 0 Å². The highest BCUT2D eigenvalue weighted by Crippen LogP contribution is 2.09. The Balaban J connectivity index is 2.50. The number of ether oxygens (including phenoxy) is 2. The van der Waals surface area contributed by atoms with E-state index in [4.69, 9.17) is 9.47 Å². The Morgan fingerprint density at radius 3 is 2.79 bits per heavy atom. The van der Waals surface area contributed by atoms with Crippen LogP contribution in [0.2, 0.25) is 0 Å². The van der Waals surface area contributed by atoms with E-state index >= 15 is 0 Å². The second kappa shape index (κ2) is 5.21. The van der Waals surface area contributed by atoms with E-state index in [1.165, 1.54) is 6.92 Å². The van der Waals surface area contributed by atoms with Gasteiger partial charge in [-0.3, -0.25) is 9.78 Å². The summed E-state index contributed by atoms with van der Waals surface area (Å²) in [5.41, 5.74) is 0.712. The Hall–Kier alpha value is -1.58. The Bertz CT molecular complexity index is 295. The molecule has 0 aliphatic heterocycles. The zero-order valence-corrected chi connectivity index (χ0v) is 8.32. The van der Waals surface area contributed by atoms with Crippen molar-refractivity contribution in [2.24, 2.45) is 0 Å². The maximum absolute atomic E-state index is 10.5. The maximum atomic E-state index is 10.5. The van der Waals surface area contributed by atoms with E-state index in [1.54, 1.807) is 18.3 Å². The van der Waals surface area contributed by atoms with E-state index in [9.17, 15) is 4.79 Å². The van der Waals surface area contributed by atoms with Gasteiger partial charge in [0, 0.05) is 6.92 Å². The van der Waals surface area contributed by atoms with E-state index in [0.29, 0.717) is 12.3 Å². The van der Waals surface area contributed by atoms with Crippen molar-refractivity contribution >= 4 is 5.97 Å². The molecule has 0 aliphatic rings. The van der Waals surface area contributed by atoms with E-state index in [-0.39, 0.29) is 12.6 Å². The van der Waals surface area contributed by atoms with E-state index in [1.807, 2.05) is 6.92 Å². The Morgan fingerprint density at radius 1 is 1.50 bits per heavy atom. The lowest BCUT2D eigenvalue weighted by Crippen LogP contribution is -2.01. The van der Waals surface area contributed by atoms with Crippen LogP contribution in [0.5, 0.6) is 5.75 Å². The molecule has 0 radical (unpaired) electrons. The molecule has 14 heavy (non-hydrogen) atoms. The number of nitrogens with zero attached hydrogens (tertiary/aromatic N) is 1. The molecule has 0 aromatic carbocycles. The smallest absolute Gasteiger partial charge is 0.303 e. The van der Waals surface area contributed by atoms with E-state index in [2.05, 4.69) is 4.98 Å². The van der Waals surface area contributed by atoms with E-state index < -0.39 is 0 Å². The Morgan fingerprint density at radius 2 is 2.29 bits per heavy atom. The molecule has 0 bridgehead atoms. The van der Waals surface area contributed by atoms with Gasteiger partial charge in [-0.2, -0.15) is 0 Å². The summed E-state index contributed by atoms with van der Waals surface area (Å²) in [5.74, 6) is 0.416. The lowest BCUT2D eigenvalue weighted by Gasteiger charge is -2.04. The highest BCUT2D eigenvalue weighted by atomic mass is 16.5. The second-order valence-corrected chi connectivity index (χ2v) is 2.70. The lowest BCUT2D eigenvalue weighted by atomic mass is 10.3. The molecule has 0 spiro atoms. The average Bonchev–Trinajstić information content (AvgIpc) is 2.17. The standard InChI is InChI=1S/C10H13NO3/c1-3-13-10-5-4-9(11-6-10)7-14-8(2)12/h4-6H,3,7H2,1-2H3. The molecule has 1 aromatic heterocycles. The van der Waals surface area contributed by atoms with Gasteiger partial charge < -0.3 is 9.47 Å². The highest BCUT2D eigenvalue weighted by molar-refractivity contribution is 5.65. The summed E-state index contributed by atoms with van der Waals surface area (Å²) < 4.78 is 10.0. The first-order valence-corrected chi connectivity index (χ1v) is 4.43. The number of pyridine rings is 1. The van der Waals surface area contributed by atoms with Gasteiger partial charge in [0.25, 0.3) is 0 Å². The average molecular weight is 195 g/mol. The molecule has 1 aromatic rings. The van der Waals surface area contributed by atoms with Gasteiger partial charge in [-0.05, 0) is 19.1 Å². The minimum Gasteiger partial charge on any atom is -0.492 e. The lowest BCUT2D eigenvalue weighted by molar-refractivity contribution is -0.142. The molecule has 1 rings (SSSR count). The second-order valence-electron chi connectivity index (χ2n) is 2.70. The summed E-state index contributed by atoms with van der Waals surface area (Å²) in [5, 5.41) is 0. The molecule has 4 nitrogen and oxygen atoms in total. The van der Waals surface area contributed by atoms with Crippen molar-refractivity contribution in [1.82, 2.24) is 4.98 Å². The number of carbonyl (C=O) groups is 1. The molecule has 0 fully saturated rings. The number of carbonyl (C=O) groups excluding carboxylic acids is 1. The van der Waals surface area contributed by atoms with Gasteiger partial charge >= 0.3 is 5.97 Å². The zero-order valence-electron chi connectivity index (χ0n) is 8.32. The summed E-state index contributed by atoms with van der Waals surface area (Å²) in [6.45, 7) is 4.11. The highest BCUT2D eigenvalue weighted by Gasteiger charge is 1.98. The van der Waals surface area contributed by atoms with Crippen LogP contribution in [0.1, 0.15) is 19.5 Å². The van der Waals surface area contributed by atoms with Gasteiger partial charge in [0.2, 0.25) is 0 Å². The van der Waals surface area contributed by atoms with Crippen molar-refractivity contribution < 1.29 is 14.3 Å². The largest absolute Gasteiger partial charge is 0.492 e. The fourth-order valence-corrected chi connectivity index (χ4v) is 0.924. The van der Waals surface area contributed by atoms with Gasteiger partial charge in [-0.15, -0.1) is 0 Å². The molecule has 76 valence electrons. The van der Waals surface area contributed by atoms with Crippen LogP contribution in [-0.2, 0) is 16.1 Å². The summed E-state index contributed by atoms with van der Waals surface area (Å²) in [7, 11) is 0. The van der Waals surface area contributed by atoms with Crippen molar-refractivity contribution in [2.45, 2.75) is 20.5 Å². The number of rotatable bonds is 4. The molecule has 0 amide bonds. The predicted molar refractivity (Wildman–Crippen MR) is 50.9 cm³/mol. The monoisotopic (exact) mass is 195 g/mol. The molecule has 0 N–H and O–H groups in total. The Labute approximate surface area is 82.9 Å². The van der Waals surface area contributed by atoms with Gasteiger partial charge in [0.15, 0.2) is 0 Å². The number of esters is 1. The fourth-order valence-electron chi connectivity index (χ4n) is 0.924. The zero-order chi connectivity index (χ0) is 10.4. The molecule has 1 heterocycles. The molecule has 0 saturated heterocycles.